The number of hydrogen-bond donors (Lipinski definition) is 5. The molecule has 17 heteroatoms. The third-order valence-electron chi connectivity index (χ3n) is 16.9. The highest BCUT2D eigenvalue weighted by atomic mass is 16.4. The molecule has 21 rings (SSSR count). The van der Waals surface area contributed by atoms with Crippen LogP contribution in [0.5, 0.6) is 0 Å². The first-order valence-electron chi connectivity index (χ1n) is 30.6. The molecule has 0 unspecified atom stereocenters. The maximum Gasteiger partial charge on any atom is 0.245 e. The number of para-hydroxylation sites is 7. The first kappa shape index (κ1) is 68.7. The van der Waals surface area contributed by atoms with Gasteiger partial charge in [-0.25, -0.2) is 0 Å². The van der Waals surface area contributed by atoms with Crippen molar-refractivity contribution < 1.29 is 30.9 Å². The Morgan fingerprint density at radius 3 is 1.31 bits per heavy atom. The molecule has 0 aliphatic rings. The van der Waals surface area contributed by atoms with E-state index in [-0.39, 0.29) is 37.1 Å². The number of H-pyrrole nitrogens is 5. The number of furan rings is 7. The fourth-order valence-corrected chi connectivity index (χ4v) is 12.2. The van der Waals surface area contributed by atoms with Crippen LogP contribution in [0.15, 0.2) is 225 Å². The zero-order valence-corrected chi connectivity index (χ0v) is 52.6. The normalized spacial score (nSPS) is 10.9. The summed E-state index contributed by atoms with van der Waals surface area (Å²) in [4.78, 5) is 28.6. The van der Waals surface area contributed by atoms with Gasteiger partial charge < -0.3 is 65.0 Å². The smallest absolute Gasteiger partial charge is 0.245 e. The molecule has 0 aliphatic carbocycles. The highest BCUT2D eigenvalue weighted by Gasteiger charge is 2.16. The summed E-state index contributed by atoms with van der Waals surface area (Å²) in [5.74, 6) is 2.75. The highest BCUT2D eigenvalue weighted by molar-refractivity contribution is 6.09. The molecule has 0 amide bonds. The summed E-state index contributed by atoms with van der Waals surface area (Å²) in [6.07, 6.45) is 3.90. The van der Waals surface area contributed by atoms with Gasteiger partial charge >= 0.3 is 0 Å². The van der Waals surface area contributed by atoms with Gasteiger partial charge in [0.25, 0.3) is 0 Å². The first-order chi connectivity index (χ1) is 45.3. The molecule has 17 nitrogen and oxygen atoms in total. The van der Waals surface area contributed by atoms with Crippen LogP contribution in [0.4, 0.5) is 0 Å². The lowest BCUT2D eigenvalue weighted by molar-refractivity contribution is 0.654. The average Bonchev–Trinajstić information content (AvgIpc) is 1.62. The van der Waals surface area contributed by atoms with Crippen molar-refractivity contribution >= 4 is 155 Å². The molecule has 500 valence electrons. The molecule has 0 spiro atoms. The van der Waals surface area contributed by atoms with Crippen LogP contribution in [0.1, 0.15) is 77.4 Å². The minimum atomic E-state index is 0. The standard InChI is InChI=1S/C12H11NO.C11H10N2O.3C11H9NO.2C10H8N2O.5CH4/c1-8-7-11-12(13(8)2)9-5-3-4-6-10(9)14-11;1-7-12-11-10(13(7)2)8-5-3-4-6-9(8)14-11;1-7-11-9(6-12-7)8-4-2-3-5-10(8)13-11;1-7-11-8-4-2-3-5-9(8)13-10(11)6-12-7;1-7-6-9-8-4-2-3-5-10(8)13-11(9)12-7;2*1-6-11-9-7-4-2-3-5-8(7)13-10(9)12-6;;;;;/h3-7H,1-2H3;3-6H,1-2H3;3*2-6,12H,1H3;2*2-5H,1H3,(H,11,12);5*1H4. The van der Waals surface area contributed by atoms with Crippen molar-refractivity contribution in [3.05, 3.63) is 235 Å². The van der Waals surface area contributed by atoms with Gasteiger partial charge in [0, 0.05) is 103 Å². The van der Waals surface area contributed by atoms with Gasteiger partial charge in [0.15, 0.2) is 16.7 Å². The average molecular weight is 1310 g/mol. The number of imidazole rings is 3. The Labute approximate surface area is 566 Å². The van der Waals surface area contributed by atoms with E-state index in [2.05, 4.69) is 112 Å². The molecule has 0 bridgehead atoms. The van der Waals surface area contributed by atoms with Gasteiger partial charge in [-0.15, -0.1) is 0 Å². The second-order valence-corrected chi connectivity index (χ2v) is 23.1. The van der Waals surface area contributed by atoms with E-state index in [0.29, 0.717) is 11.4 Å². The summed E-state index contributed by atoms with van der Waals surface area (Å²) < 4.78 is 43.6. The maximum atomic E-state index is 5.73. The van der Waals surface area contributed by atoms with Gasteiger partial charge in [0.05, 0.1) is 11.2 Å². The second kappa shape index (κ2) is 28.1. The maximum absolute atomic E-state index is 5.73. The summed E-state index contributed by atoms with van der Waals surface area (Å²) in [5.41, 5.74) is 21.3. The number of aromatic nitrogens is 10. The second-order valence-electron chi connectivity index (χ2n) is 23.1. The fourth-order valence-electron chi connectivity index (χ4n) is 12.2. The molecule has 14 aromatic heterocycles. The van der Waals surface area contributed by atoms with Crippen molar-refractivity contribution in [3.8, 4) is 0 Å². The van der Waals surface area contributed by atoms with Crippen molar-refractivity contribution in [2.24, 2.45) is 14.1 Å². The molecule has 0 fully saturated rings. The number of nitrogens with one attached hydrogen (secondary N) is 5. The molecule has 0 radical (unpaired) electrons. The van der Waals surface area contributed by atoms with Crippen molar-refractivity contribution in [1.82, 2.24) is 49.0 Å². The highest BCUT2D eigenvalue weighted by Crippen LogP contribution is 2.35. The Hall–Kier alpha value is -12.1. The number of fused-ring (bicyclic) bond motifs is 21. The zero-order valence-electron chi connectivity index (χ0n) is 52.6. The van der Waals surface area contributed by atoms with Gasteiger partial charge in [-0.05, 0) is 121 Å². The van der Waals surface area contributed by atoms with Crippen molar-refractivity contribution in [2.45, 2.75) is 85.6 Å². The summed E-state index contributed by atoms with van der Waals surface area (Å²) in [6, 6.07) is 60.4. The third kappa shape index (κ3) is 12.5. The molecule has 0 saturated carbocycles. The molecule has 7 aromatic carbocycles. The molecular weight excluding hydrogens is 1220 g/mol. The van der Waals surface area contributed by atoms with Crippen LogP contribution in [-0.4, -0.2) is 49.0 Å². The van der Waals surface area contributed by atoms with Crippen LogP contribution in [0.2, 0.25) is 0 Å². The summed E-state index contributed by atoms with van der Waals surface area (Å²) in [6.45, 7) is 14.0. The van der Waals surface area contributed by atoms with E-state index in [9.17, 15) is 0 Å². The molecular formula is C81H84N10O7. The van der Waals surface area contributed by atoms with E-state index in [0.717, 1.165) is 129 Å². The van der Waals surface area contributed by atoms with E-state index < -0.39 is 0 Å². The summed E-state index contributed by atoms with van der Waals surface area (Å²) in [5, 5.41) is 11.6. The lowest BCUT2D eigenvalue weighted by Crippen LogP contribution is -1.90. The number of hydrogen-bond acceptors (Lipinski definition) is 10. The number of nitrogens with zero attached hydrogens (tertiary/aromatic N) is 5. The number of rotatable bonds is 0. The third-order valence-corrected chi connectivity index (χ3v) is 16.9. The van der Waals surface area contributed by atoms with Crippen LogP contribution < -0.4 is 0 Å². The monoisotopic (exact) mass is 1310 g/mol. The van der Waals surface area contributed by atoms with Gasteiger partial charge in [-0.1, -0.05) is 140 Å². The lowest BCUT2D eigenvalue weighted by atomic mass is 10.2. The van der Waals surface area contributed by atoms with Crippen LogP contribution in [-0.2, 0) is 14.1 Å². The Balaban J connectivity index is 0.000000123. The predicted octanol–water partition coefficient (Wildman–Crippen LogP) is 23.9. The molecule has 5 N–H and O–H groups in total. The molecule has 14 heterocycles. The van der Waals surface area contributed by atoms with Gasteiger partial charge in [-0.2, -0.15) is 15.0 Å². The first-order valence-corrected chi connectivity index (χ1v) is 30.6. The number of aryl methyl sites for hydroxylation is 9. The minimum absolute atomic E-state index is 0. The topological polar surface area (TPSA) is 219 Å². The van der Waals surface area contributed by atoms with E-state index in [4.69, 9.17) is 30.9 Å². The molecule has 0 aliphatic heterocycles. The fraction of sp³-hybridized carbons (Fsp3) is 0.173. The Bertz CT molecular complexity index is 5850. The minimum Gasteiger partial charge on any atom is -0.454 e. The molecule has 0 atom stereocenters. The molecule has 21 aromatic rings. The van der Waals surface area contributed by atoms with E-state index in [1.165, 1.54) is 54.6 Å². The zero-order chi connectivity index (χ0) is 63.6. The Morgan fingerprint density at radius 1 is 0.327 bits per heavy atom. The van der Waals surface area contributed by atoms with Crippen molar-refractivity contribution in [2.75, 3.05) is 0 Å². The Morgan fingerprint density at radius 2 is 0.745 bits per heavy atom. The lowest BCUT2D eigenvalue weighted by Gasteiger charge is -1.96. The Kier molecular flexibility index (Phi) is 19.7. The van der Waals surface area contributed by atoms with Crippen LogP contribution in [0, 0.1) is 48.5 Å². The number of benzene rings is 7. The van der Waals surface area contributed by atoms with Gasteiger partial charge in [-0.3, -0.25) is 0 Å². The van der Waals surface area contributed by atoms with E-state index in [1.54, 1.807) is 0 Å². The van der Waals surface area contributed by atoms with Crippen LogP contribution in [0.25, 0.3) is 155 Å². The van der Waals surface area contributed by atoms with Gasteiger partial charge in [0.1, 0.15) is 73.1 Å². The van der Waals surface area contributed by atoms with E-state index >= 15 is 0 Å². The van der Waals surface area contributed by atoms with Crippen LogP contribution >= 0.6 is 0 Å². The predicted molar refractivity (Wildman–Crippen MR) is 406 cm³/mol. The summed E-state index contributed by atoms with van der Waals surface area (Å²) in [7, 11) is 4.08. The summed E-state index contributed by atoms with van der Waals surface area (Å²) >= 11 is 0. The van der Waals surface area contributed by atoms with E-state index in [1.807, 2.05) is 194 Å². The van der Waals surface area contributed by atoms with Crippen LogP contribution in [0.3, 0.4) is 0 Å². The quantitative estimate of drug-likeness (QED) is 0.0967. The molecule has 98 heavy (non-hydrogen) atoms. The van der Waals surface area contributed by atoms with Crippen molar-refractivity contribution in [1.29, 1.82) is 0 Å². The molecule has 0 saturated heterocycles. The van der Waals surface area contributed by atoms with Crippen molar-refractivity contribution in [3.63, 3.8) is 0 Å². The van der Waals surface area contributed by atoms with Gasteiger partial charge in [0.2, 0.25) is 22.9 Å². The SMILES string of the molecule is C.C.C.C.C.Cc1[nH]cc2c1oc1ccccc12.Cc1[nH]cc2oc3ccccc3c12.Cc1cc2c([nH]1)oc1ccccc12.Cc1cc2oc3ccccc3c2n1C.Cc1nc2oc3ccccc3c2[nH]1.Cc1nc2oc3ccccc3c2[nH]1.Cc1nc2oc3ccccc3c2n1C. The number of aromatic amines is 5. The largest absolute Gasteiger partial charge is 0.454 e.